The minimum atomic E-state index is -0.440. The summed E-state index contributed by atoms with van der Waals surface area (Å²) in [7, 11) is 11.9. The third-order valence-corrected chi connectivity index (χ3v) is 3.36. The first-order valence-electron chi connectivity index (χ1n) is 6.50. The first-order valence-corrected chi connectivity index (χ1v) is 6.50. The Labute approximate surface area is 119 Å². The van der Waals surface area contributed by atoms with E-state index in [0.717, 1.165) is 17.6 Å². The molecule has 0 bridgehead atoms. The van der Waals surface area contributed by atoms with Crippen LogP contribution in [0.1, 0.15) is 33.3 Å². The highest BCUT2D eigenvalue weighted by molar-refractivity contribution is 6.47. The molecule has 5 heteroatoms. The lowest BCUT2D eigenvalue weighted by molar-refractivity contribution is 0.0767. The lowest BCUT2D eigenvalue weighted by atomic mass is 9.61. The molecular weight excluding hydrogens is 234 g/mol. The summed E-state index contributed by atoms with van der Waals surface area (Å²) in [5.74, 6) is 0. The summed E-state index contributed by atoms with van der Waals surface area (Å²) in [5, 5.41) is -0.418. The summed E-state index contributed by atoms with van der Waals surface area (Å²) in [4.78, 5) is 6.34. The fourth-order valence-corrected chi connectivity index (χ4v) is 1.39. The fourth-order valence-electron chi connectivity index (χ4n) is 1.39. The van der Waals surface area contributed by atoms with Gasteiger partial charge in [0.15, 0.2) is 0 Å². The van der Waals surface area contributed by atoms with Gasteiger partial charge in [0, 0.05) is 24.5 Å². The maximum Gasteiger partial charge on any atom is 0.332 e. The minimum absolute atomic E-state index is 0.418. The molecule has 0 aliphatic heterocycles. The molecule has 101 valence electrons. The summed E-state index contributed by atoms with van der Waals surface area (Å²) in [5.41, 5.74) is 1.67. The second-order valence-corrected chi connectivity index (χ2v) is 6.33. The summed E-state index contributed by atoms with van der Waals surface area (Å²) >= 11 is 0. The molecule has 1 aromatic heterocycles. The van der Waals surface area contributed by atoms with Crippen molar-refractivity contribution in [2.45, 2.75) is 45.2 Å². The zero-order valence-corrected chi connectivity index (χ0v) is 12.9. The van der Waals surface area contributed by atoms with Gasteiger partial charge >= 0.3 is 7.48 Å². The van der Waals surface area contributed by atoms with E-state index in [2.05, 4.69) is 16.0 Å². The SMILES string of the molecule is [B]C(C)(C)C(C)(C)O[B]c1cncc(CN(C)C)c1. The summed E-state index contributed by atoms with van der Waals surface area (Å²) in [6.45, 7) is 8.75. The Morgan fingerprint density at radius 2 is 1.89 bits per heavy atom. The van der Waals surface area contributed by atoms with E-state index in [4.69, 9.17) is 12.5 Å². The van der Waals surface area contributed by atoms with Crippen molar-refractivity contribution in [3.8, 4) is 0 Å². The van der Waals surface area contributed by atoms with Crippen molar-refractivity contribution in [3.05, 3.63) is 24.0 Å². The average Bonchev–Trinajstić information content (AvgIpc) is 2.24. The van der Waals surface area contributed by atoms with Crippen LogP contribution in [-0.2, 0) is 11.2 Å². The number of hydrogen-bond donors (Lipinski definition) is 0. The Bertz CT molecular complexity index is 414. The van der Waals surface area contributed by atoms with E-state index in [1.54, 1.807) is 13.7 Å². The standard InChI is InChI=1S/C14H23B2N2O/c1-13(2,15)14(3,4)19-16-12-7-11(8-17-9-12)10-18(5)6/h7-9H,10H2,1-6H3. The third-order valence-electron chi connectivity index (χ3n) is 3.36. The van der Waals surface area contributed by atoms with Gasteiger partial charge in [-0.2, -0.15) is 0 Å². The van der Waals surface area contributed by atoms with Crippen LogP contribution in [0.3, 0.4) is 0 Å². The van der Waals surface area contributed by atoms with Crippen molar-refractivity contribution < 1.29 is 4.65 Å². The van der Waals surface area contributed by atoms with Crippen molar-refractivity contribution >= 4 is 20.8 Å². The predicted molar refractivity (Wildman–Crippen MR) is 82.0 cm³/mol. The second-order valence-electron chi connectivity index (χ2n) is 6.33. The smallest absolute Gasteiger partial charge is 0.332 e. The predicted octanol–water partition coefficient (Wildman–Crippen LogP) is 1.55. The Kier molecular flexibility index (Phi) is 5.22. The van der Waals surface area contributed by atoms with Gasteiger partial charge in [-0.3, -0.25) is 4.98 Å². The molecule has 0 saturated heterocycles. The summed E-state index contributed by atoms with van der Waals surface area (Å²) in [6, 6.07) is 2.08. The van der Waals surface area contributed by atoms with Gasteiger partial charge in [0.1, 0.15) is 0 Å². The highest BCUT2D eigenvalue weighted by Crippen LogP contribution is 2.36. The maximum absolute atomic E-state index is 6.11. The molecule has 1 heterocycles. The second kappa shape index (κ2) is 6.10. The molecule has 0 unspecified atom stereocenters. The number of rotatable bonds is 6. The van der Waals surface area contributed by atoms with Crippen LogP contribution in [0.2, 0.25) is 5.31 Å². The Morgan fingerprint density at radius 1 is 1.26 bits per heavy atom. The first kappa shape index (κ1) is 16.3. The number of aromatic nitrogens is 1. The third kappa shape index (κ3) is 5.00. The minimum Gasteiger partial charge on any atom is -0.430 e. The van der Waals surface area contributed by atoms with Crippen LogP contribution < -0.4 is 5.46 Å². The molecule has 0 N–H and O–H groups in total. The molecule has 0 aliphatic rings. The molecule has 3 radical (unpaired) electrons. The van der Waals surface area contributed by atoms with Crippen molar-refractivity contribution in [1.29, 1.82) is 0 Å². The maximum atomic E-state index is 6.11. The van der Waals surface area contributed by atoms with Crippen LogP contribution in [0.25, 0.3) is 0 Å². The van der Waals surface area contributed by atoms with Gasteiger partial charge in [-0.25, -0.2) is 0 Å². The summed E-state index contributed by atoms with van der Waals surface area (Å²) < 4.78 is 5.84. The van der Waals surface area contributed by atoms with E-state index in [-0.39, 0.29) is 0 Å². The van der Waals surface area contributed by atoms with Crippen LogP contribution >= 0.6 is 0 Å². The average molecular weight is 257 g/mol. The van der Waals surface area contributed by atoms with Crippen molar-refractivity contribution in [3.63, 3.8) is 0 Å². The van der Waals surface area contributed by atoms with Crippen LogP contribution in [-0.4, -0.2) is 44.9 Å². The van der Waals surface area contributed by atoms with E-state index >= 15 is 0 Å². The lowest BCUT2D eigenvalue weighted by Gasteiger charge is -2.39. The van der Waals surface area contributed by atoms with Crippen LogP contribution in [0.4, 0.5) is 0 Å². The molecule has 1 rings (SSSR count). The molecule has 0 atom stereocenters. The normalized spacial score (nSPS) is 12.8. The van der Waals surface area contributed by atoms with Crippen LogP contribution in [0.5, 0.6) is 0 Å². The van der Waals surface area contributed by atoms with Crippen molar-refractivity contribution in [2.24, 2.45) is 0 Å². The molecule has 0 saturated carbocycles. The van der Waals surface area contributed by atoms with Gasteiger partial charge in [0.2, 0.25) is 0 Å². The Morgan fingerprint density at radius 3 is 2.42 bits per heavy atom. The van der Waals surface area contributed by atoms with Crippen LogP contribution in [0, 0.1) is 0 Å². The number of hydrogen-bond acceptors (Lipinski definition) is 3. The molecule has 0 aromatic carbocycles. The summed E-state index contributed by atoms with van der Waals surface area (Å²) in [6.07, 6.45) is 3.66. The largest absolute Gasteiger partial charge is 0.430 e. The van der Waals surface area contributed by atoms with Gasteiger partial charge in [-0.1, -0.05) is 19.9 Å². The van der Waals surface area contributed by atoms with E-state index in [9.17, 15) is 0 Å². The quantitative estimate of drug-likeness (QED) is 0.723. The fraction of sp³-hybridized carbons (Fsp3) is 0.643. The molecular formula is C14H23B2N2O. The van der Waals surface area contributed by atoms with Crippen molar-refractivity contribution in [1.82, 2.24) is 9.88 Å². The molecule has 3 nitrogen and oxygen atoms in total. The Balaban J connectivity index is 2.68. The zero-order chi connectivity index (χ0) is 14.7. The van der Waals surface area contributed by atoms with E-state index in [0.29, 0.717) is 0 Å². The molecule has 0 aliphatic carbocycles. The molecule has 0 spiro atoms. The lowest BCUT2D eigenvalue weighted by Crippen LogP contribution is -2.40. The highest BCUT2D eigenvalue weighted by Gasteiger charge is 2.32. The molecule has 19 heavy (non-hydrogen) atoms. The van der Waals surface area contributed by atoms with E-state index in [1.807, 2.05) is 48.0 Å². The monoisotopic (exact) mass is 257 g/mol. The van der Waals surface area contributed by atoms with Gasteiger partial charge in [-0.15, -0.1) is 0 Å². The van der Waals surface area contributed by atoms with E-state index < -0.39 is 10.9 Å². The molecule has 0 fully saturated rings. The molecule has 0 amide bonds. The van der Waals surface area contributed by atoms with Crippen molar-refractivity contribution in [2.75, 3.05) is 14.1 Å². The van der Waals surface area contributed by atoms with Gasteiger partial charge in [0.25, 0.3) is 0 Å². The zero-order valence-electron chi connectivity index (χ0n) is 12.9. The number of pyridine rings is 1. The van der Waals surface area contributed by atoms with Gasteiger partial charge in [0.05, 0.1) is 7.85 Å². The van der Waals surface area contributed by atoms with Gasteiger partial charge < -0.3 is 9.55 Å². The van der Waals surface area contributed by atoms with E-state index in [1.165, 1.54) is 0 Å². The van der Waals surface area contributed by atoms with Crippen LogP contribution in [0.15, 0.2) is 18.5 Å². The topological polar surface area (TPSA) is 25.4 Å². The number of nitrogens with zero attached hydrogens (tertiary/aromatic N) is 2. The Hall–Kier alpha value is -0.800. The highest BCUT2D eigenvalue weighted by atomic mass is 16.5. The van der Waals surface area contributed by atoms with Gasteiger partial charge in [-0.05, 0) is 44.3 Å². The first-order chi connectivity index (χ1) is 8.62. The molecule has 1 aromatic rings.